The van der Waals surface area contributed by atoms with Gasteiger partial charge in [-0.15, -0.1) is 0 Å². The second-order valence-corrected chi connectivity index (χ2v) is 4.94. The van der Waals surface area contributed by atoms with Crippen LogP contribution in [0.2, 0.25) is 0 Å². The molecule has 0 unspecified atom stereocenters. The molecule has 1 N–H and O–H groups in total. The highest BCUT2D eigenvalue weighted by molar-refractivity contribution is 5.20. The van der Waals surface area contributed by atoms with Crippen LogP contribution in [-0.4, -0.2) is 16.7 Å². The van der Waals surface area contributed by atoms with E-state index in [9.17, 15) is 4.39 Å². The molecule has 5 heteroatoms. The summed E-state index contributed by atoms with van der Waals surface area (Å²) in [7, 11) is 0. The molecule has 0 aliphatic carbocycles. The predicted molar refractivity (Wildman–Crippen MR) is 70.2 cm³/mol. The van der Waals surface area contributed by atoms with Gasteiger partial charge in [0.15, 0.2) is 5.82 Å². The van der Waals surface area contributed by atoms with Gasteiger partial charge in [0.1, 0.15) is 5.82 Å². The number of benzene rings is 1. The summed E-state index contributed by atoms with van der Waals surface area (Å²) >= 11 is 0. The zero-order chi connectivity index (χ0) is 13.9. The zero-order valence-electron chi connectivity index (χ0n) is 11.4. The highest BCUT2D eigenvalue weighted by atomic mass is 19.1. The topological polar surface area (TPSA) is 51.0 Å². The molecule has 0 spiro atoms. The first-order chi connectivity index (χ1) is 9.03. The van der Waals surface area contributed by atoms with Crippen molar-refractivity contribution in [2.45, 2.75) is 32.7 Å². The SMILES string of the molecule is CCNC(C)(C)c1nc(Cc2ccccc2F)no1. The third kappa shape index (κ3) is 3.17. The lowest BCUT2D eigenvalue weighted by Gasteiger charge is -2.20. The smallest absolute Gasteiger partial charge is 0.246 e. The molecule has 0 bridgehead atoms. The molecule has 0 amide bonds. The standard InChI is InChI=1S/C14H18FN3O/c1-4-16-14(2,3)13-17-12(18-19-13)9-10-7-5-6-8-11(10)15/h5-8,16H,4,9H2,1-3H3. The molecule has 0 aliphatic heterocycles. The Labute approximate surface area is 112 Å². The first kappa shape index (κ1) is 13.7. The Morgan fingerprint density at radius 2 is 2.05 bits per heavy atom. The molecule has 0 saturated carbocycles. The molecule has 19 heavy (non-hydrogen) atoms. The van der Waals surface area contributed by atoms with Crippen molar-refractivity contribution < 1.29 is 8.91 Å². The summed E-state index contributed by atoms with van der Waals surface area (Å²) in [5.74, 6) is 0.756. The van der Waals surface area contributed by atoms with Crippen LogP contribution in [-0.2, 0) is 12.0 Å². The first-order valence-corrected chi connectivity index (χ1v) is 6.34. The molecular formula is C14H18FN3O. The maximum Gasteiger partial charge on any atom is 0.246 e. The van der Waals surface area contributed by atoms with E-state index in [-0.39, 0.29) is 11.4 Å². The maximum absolute atomic E-state index is 13.5. The number of rotatable bonds is 5. The average Bonchev–Trinajstić information content (AvgIpc) is 2.81. The minimum atomic E-state index is -0.380. The van der Waals surface area contributed by atoms with E-state index in [2.05, 4.69) is 15.5 Å². The molecule has 2 rings (SSSR count). The fraction of sp³-hybridized carbons (Fsp3) is 0.429. The van der Waals surface area contributed by atoms with Crippen LogP contribution in [0, 0.1) is 5.82 Å². The molecule has 0 radical (unpaired) electrons. The van der Waals surface area contributed by atoms with Gasteiger partial charge >= 0.3 is 0 Å². The van der Waals surface area contributed by atoms with E-state index >= 15 is 0 Å². The van der Waals surface area contributed by atoms with E-state index in [1.807, 2.05) is 20.8 Å². The van der Waals surface area contributed by atoms with Crippen molar-refractivity contribution in [3.63, 3.8) is 0 Å². The van der Waals surface area contributed by atoms with Crippen LogP contribution in [0.3, 0.4) is 0 Å². The third-order valence-electron chi connectivity index (χ3n) is 2.93. The van der Waals surface area contributed by atoms with Crippen molar-refractivity contribution in [2.75, 3.05) is 6.54 Å². The molecule has 0 saturated heterocycles. The third-order valence-corrected chi connectivity index (χ3v) is 2.93. The summed E-state index contributed by atoms with van der Waals surface area (Å²) in [6.07, 6.45) is 0.332. The molecule has 1 aromatic carbocycles. The van der Waals surface area contributed by atoms with Crippen LogP contribution in [0.25, 0.3) is 0 Å². The lowest BCUT2D eigenvalue weighted by atomic mass is 10.1. The molecular weight excluding hydrogens is 245 g/mol. The van der Waals surface area contributed by atoms with Crippen molar-refractivity contribution in [3.8, 4) is 0 Å². The van der Waals surface area contributed by atoms with E-state index < -0.39 is 0 Å². The Balaban J connectivity index is 2.16. The van der Waals surface area contributed by atoms with Gasteiger partial charge in [-0.05, 0) is 32.0 Å². The Kier molecular flexibility index (Phi) is 3.95. The van der Waals surface area contributed by atoms with Gasteiger partial charge in [0.2, 0.25) is 5.89 Å². The molecule has 0 aliphatic rings. The first-order valence-electron chi connectivity index (χ1n) is 6.34. The fourth-order valence-corrected chi connectivity index (χ4v) is 1.91. The van der Waals surface area contributed by atoms with Gasteiger partial charge in [0.05, 0.1) is 5.54 Å². The number of hydrogen-bond donors (Lipinski definition) is 1. The van der Waals surface area contributed by atoms with Crippen LogP contribution >= 0.6 is 0 Å². The van der Waals surface area contributed by atoms with Crippen molar-refractivity contribution >= 4 is 0 Å². The summed E-state index contributed by atoms with van der Waals surface area (Å²) in [5.41, 5.74) is 0.186. The molecule has 0 fully saturated rings. The molecule has 102 valence electrons. The second kappa shape index (κ2) is 5.48. The van der Waals surface area contributed by atoms with Crippen LogP contribution in [0.1, 0.15) is 38.0 Å². The van der Waals surface area contributed by atoms with Gasteiger partial charge in [-0.1, -0.05) is 30.3 Å². The number of nitrogens with zero attached hydrogens (tertiary/aromatic N) is 2. The highest BCUT2D eigenvalue weighted by Crippen LogP contribution is 2.19. The molecule has 0 atom stereocenters. The Bertz CT molecular complexity index is 551. The zero-order valence-corrected chi connectivity index (χ0v) is 11.4. The largest absolute Gasteiger partial charge is 0.337 e. The minimum Gasteiger partial charge on any atom is -0.337 e. The Morgan fingerprint density at radius 3 is 2.74 bits per heavy atom. The summed E-state index contributed by atoms with van der Waals surface area (Å²) in [6, 6.07) is 6.61. The van der Waals surface area contributed by atoms with E-state index in [1.165, 1.54) is 6.07 Å². The summed E-state index contributed by atoms with van der Waals surface area (Å²) in [6.45, 7) is 6.75. The van der Waals surface area contributed by atoms with Crippen LogP contribution in [0.15, 0.2) is 28.8 Å². The number of halogens is 1. The van der Waals surface area contributed by atoms with Gasteiger partial charge in [-0.3, -0.25) is 0 Å². The molecule has 1 heterocycles. The van der Waals surface area contributed by atoms with E-state index in [4.69, 9.17) is 4.52 Å². The van der Waals surface area contributed by atoms with Crippen molar-refractivity contribution in [1.29, 1.82) is 0 Å². The van der Waals surface area contributed by atoms with Crippen LogP contribution in [0.4, 0.5) is 4.39 Å². The van der Waals surface area contributed by atoms with Crippen molar-refractivity contribution in [1.82, 2.24) is 15.5 Å². The second-order valence-electron chi connectivity index (χ2n) is 4.94. The van der Waals surface area contributed by atoms with Gasteiger partial charge in [-0.25, -0.2) is 4.39 Å². The molecule has 2 aromatic rings. The monoisotopic (exact) mass is 263 g/mol. The Hall–Kier alpha value is -1.75. The highest BCUT2D eigenvalue weighted by Gasteiger charge is 2.26. The average molecular weight is 263 g/mol. The fourth-order valence-electron chi connectivity index (χ4n) is 1.91. The number of nitrogens with one attached hydrogen (secondary N) is 1. The van der Waals surface area contributed by atoms with E-state index in [1.54, 1.807) is 18.2 Å². The molecule has 1 aromatic heterocycles. The van der Waals surface area contributed by atoms with Gasteiger partial charge < -0.3 is 9.84 Å². The number of hydrogen-bond acceptors (Lipinski definition) is 4. The molecule has 4 nitrogen and oxygen atoms in total. The van der Waals surface area contributed by atoms with Gasteiger partial charge in [0, 0.05) is 6.42 Å². The van der Waals surface area contributed by atoms with Crippen molar-refractivity contribution in [2.24, 2.45) is 0 Å². The Morgan fingerprint density at radius 1 is 1.32 bits per heavy atom. The normalized spacial score (nSPS) is 11.8. The van der Waals surface area contributed by atoms with Gasteiger partial charge in [0.25, 0.3) is 0 Å². The van der Waals surface area contributed by atoms with Crippen molar-refractivity contribution in [3.05, 3.63) is 47.4 Å². The lowest BCUT2D eigenvalue weighted by Crippen LogP contribution is -2.36. The summed E-state index contributed by atoms with van der Waals surface area (Å²) < 4.78 is 18.8. The lowest BCUT2D eigenvalue weighted by molar-refractivity contribution is 0.271. The quantitative estimate of drug-likeness (QED) is 0.901. The predicted octanol–water partition coefficient (Wildman–Crippen LogP) is 2.64. The maximum atomic E-state index is 13.5. The summed E-state index contributed by atoms with van der Waals surface area (Å²) in [5, 5.41) is 7.16. The van der Waals surface area contributed by atoms with E-state index in [0.29, 0.717) is 23.7 Å². The van der Waals surface area contributed by atoms with Crippen LogP contribution in [0.5, 0.6) is 0 Å². The van der Waals surface area contributed by atoms with Crippen LogP contribution < -0.4 is 5.32 Å². The van der Waals surface area contributed by atoms with E-state index in [0.717, 1.165) is 6.54 Å². The summed E-state index contributed by atoms with van der Waals surface area (Å²) in [4.78, 5) is 4.33. The van der Waals surface area contributed by atoms with Gasteiger partial charge in [-0.2, -0.15) is 4.98 Å². The minimum absolute atomic E-state index is 0.250. The number of aromatic nitrogens is 2.